The molecule has 0 atom stereocenters. The van der Waals surface area contributed by atoms with E-state index in [1.165, 1.54) is 18.1 Å². The van der Waals surface area contributed by atoms with Gasteiger partial charge in [-0.15, -0.1) is 0 Å². The Balaban J connectivity index is 2.10. The summed E-state index contributed by atoms with van der Waals surface area (Å²) in [6.45, 7) is 0. The average Bonchev–Trinajstić information content (AvgIpc) is 2.89. The quantitative estimate of drug-likeness (QED) is 0.261. The summed E-state index contributed by atoms with van der Waals surface area (Å²) in [6, 6.07) is 5.24. The van der Waals surface area contributed by atoms with Gasteiger partial charge in [0, 0.05) is 16.3 Å². The van der Waals surface area contributed by atoms with Crippen molar-refractivity contribution in [1.29, 1.82) is 0 Å². The molecule has 0 spiro atoms. The zero-order valence-corrected chi connectivity index (χ0v) is 10.7. The standard InChI is InChI=1S/C10H10ClN5OS/c11-8-3-6(9(12)16-17)1-2-7(8)4-18-10-13-5-14-15-10/h1-3,5,17H,4H2,(H2,12,16)(H,13,14,15). The second kappa shape index (κ2) is 5.74. The highest BCUT2D eigenvalue weighted by atomic mass is 35.5. The molecule has 2 aromatic rings. The van der Waals surface area contributed by atoms with Crippen LogP contribution in [0.3, 0.4) is 0 Å². The molecule has 0 aliphatic heterocycles. The Bertz CT molecular complexity index is 557. The summed E-state index contributed by atoms with van der Waals surface area (Å²) in [7, 11) is 0. The van der Waals surface area contributed by atoms with Gasteiger partial charge in [-0.3, -0.25) is 5.10 Å². The number of hydrogen-bond acceptors (Lipinski definition) is 5. The second-order valence-electron chi connectivity index (χ2n) is 3.37. The molecule has 6 nitrogen and oxygen atoms in total. The summed E-state index contributed by atoms with van der Waals surface area (Å²) in [6.07, 6.45) is 1.45. The monoisotopic (exact) mass is 283 g/mol. The van der Waals surface area contributed by atoms with Gasteiger partial charge in [0.2, 0.25) is 0 Å². The molecule has 1 heterocycles. The van der Waals surface area contributed by atoms with E-state index in [1.807, 2.05) is 6.07 Å². The third-order valence-corrected chi connectivity index (χ3v) is 3.49. The number of nitrogens with two attached hydrogens (primary N) is 1. The molecular weight excluding hydrogens is 274 g/mol. The molecule has 0 saturated carbocycles. The number of halogens is 1. The van der Waals surface area contributed by atoms with Crippen LogP contribution in [0.2, 0.25) is 5.02 Å². The van der Waals surface area contributed by atoms with E-state index in [4.69, 9.17) is 22.5 Å². The van der Waals surface area contributed by atoms with E-state index in [-0.39, 0.29) is 5.84 Å². The maximum absolute atomic E-state index is 8.57. The first-order chi connectivity index (χ1) is 8.70. The molecule has 18 heavy (non-hydrogen) atoms. The summed E-state index contributed by atoms with van der Waals surface area (Å²) in [4.78, 5) is 4.00. The van der Waals surface area contributed by atoms with Gasteiger partial charge >= 0.3 is 0 Å². The highest BCUT2D eigenvalue weighted by Gasteiger charge is 2.06. The predicted molar refractivity (Wildman–Crippen MR) is 69.9 cm³/mol. The Kier molecular flexibility index (Phi) is 4.06. The third-order valence-electron chi connectivity index (χ3n) is 2.21. The number of benzene rings is 1. The molecule has 2 rings (SSSR count). The molecule has 0 bridgehead atoms. The van der Waals surface area contributed by atoms with Crippen molar-refractivity contribution in [3.8, 4) is 0 Å². The highest BCUT2D eigenvalue weighted by Crippen LogP contribution is 2.25. The van der Waals surface area contributed by atoms with Gasteiger partial charge in [-0.25, -0.2) is 4.98 Å². The lowest BCUT2D eigenvalue weighted by Crippen LogP contribution is -2.12. The van der Waals surface area contributed by atoms with Gasteiger partial charge < -0.3 is 10.9 Å². The van der Waals surface area contributed by atoms with Gasteiger partial charge in [0.25, 0.3) is 0 Å². The van der Waals surface area contributed by atoms with Crippen LogP contribution in [0.15, 0.2) is 34.8 Å². The van der Waals surface area contributed by atoms with Crippen molar-refractivity contribution in [2.75, 3.05) is 0 Å². The van der Waals surface area contributed by atoms with E-state index < -0.39 is 0 Å². The van der Waals surface area contributed by atoms with E-state index in [1.54, 1.807) is 12.1 Å². The lowest BCUT2D eigenvalue weighted by Gasteiger charge is -2.05. The summed E-state index contributed by atoms with van der Waals surface area (Å²) >= 11 is 7.61. The van der Waals surface area contributed by atoms with Crippen LogP contribution in [-0.2, 0) is 5.75 Å². The van der Waals surface area contributed by atoms with Crippen molar-refractivity contribution in [3.05, 3.63) is 40.7 Å². The largest absolute Gasteiger partial charge is 0.409 e. The van der Waals surface area contributed by atoms with Gasteiger partial charge in [0.05, 0.1) is 0 Å². The van der Waals surface area contributed by atoms with Crippen LogP contribution in [0.25, 0.3) is 0 Å². The van der Waals surface area contributed by atoms with Crippen LogP contribution in [0.1, 0.15) is 11.1 Å². The lowest BCUT2D eigenvalue weighted by molar-refractivity contribution is 0.318. The van der Waals surface area contributed by atoms with Gasteiger partial charge in [0.15, 0.2) is 11.0 Å². The number of rotatable bonds is 4. The number of oxime groups is 1. The van der Waals surface area contributed by atoms with Crippen molar-refractivity contribution in [3.63, 3.8) is 0 Å². The van der Waals surface area contributed by atoms with Gasteiger partial charge in [0.1, 0.15) is 6.33 Å². The molecule has 0 aliphatic carbocycles. The minimum atomic E-state index is 0.0336. The first kappa shape index (κ1) is 12.7. The van der Waals surface area contributed by atoms with Crippen LogP contribution in [0.5, 0.6) is 0 Å². The zero-order chi connectivity index (χ0) is 13.0. The number of H-pyrrole nitrogens is 1. The molecule has 0 radical (unpaired) electrons. The summed E-state index contributed by atoms with van der Waals surface area (Å²) in [5.74, 6) is 0.691. The number of aromatic amines is 1. The fraction of sp³-hybridized carbons (Fsp3) is 0.100. The number of aromatic nitrogens is 3. The van der Waals surface area contributed by atoms with Crippen LogP contribution in [0.4, 0.5) is 0 Å². The van der Waals surface area contributed by atoms with E-state index in [2.05, 4.69) is 20.3 Å². The van der Waals surface area contributed by atoms with Crippen molar-refractivity contribution in [2.24, 2.45) is 10.9 Å². The molecule has 0 unspecified atom stereocenters. The molecule has 94 valence electrons. The Labute approximate surface area is 112 Å². The second-order valence-corrected chi connectivity index (χ2v) is 4.74. The van der Waals surface area contributed by atoms with Crippen molar-refractivity contribution in [1.82, 2.24) is 15.2 Å². The summed E-state index contributed by atoms with van der Waals surface area (Å²) in [5, 5.41) is 19.3. The maximum Gasteiger partial charge on any atom is 0.183 e. The van der Waals surface area contributed by atoms with Gasteiger partial charge in [-0.1, -0.05) is 40.7 Å². The number of nitrogens with one attached hydrogen (secondary N) is 1. The van der Waals surface area contributed by atoms with E-state index in [0.717, 1.165) is 10.7 Å². The predicted octanol–water partition coefficient (Wildman–Crippen LogP) is 1.84. The summed E-state index contributed by atoms with van der Waals surface area (Å²) in [5.41, 5.74) is 6.99. The molecule has 0 saturated heterocycles. The van der Waals surface area contributed by atoms with Gasteiger partial charge in [-0.2, -0.15) is 5.10 Å². The van der Waals surface area contributed by atoms with Crippen LogP contribution in [0, 0.1) is 0 Å². The Morgan fingerprint density at radius 1 is 1.56 bits per heavy atom. The highest BCUT2D eigenvalue weighted by molar-refractivity contribution is 7.98. The molecule has 1 aromatic heterocycles. The normalized spacial score (nSPS) is 11.7. The molecule has 8 heteroatoms. The topological polar surface area (TPSA) is 100 Å². The SMILES string of the molecule is N/C(=N/O)c1ccc(CSc2ncn[nH]2)c(Cl)c1. The number of thioether (sulfide) groups is 1. The van der Waals surface area contributed by atoms with E-state index in [9.17, 15) is 0 Å². The summed E-state index contributed by atoms with van der Waals surface area (Å²) < 4.78 is 0. The molecule has 4 N–H and O–H groups in total. The zero-order valence-electron chi connectivity index (χ0n) is 9.17. The van der Waals surface area contributed by atoms with E-state index >= 15 is 0 Å². The fourth-order valence-corrected chi connectivity index (χ4v) is 2.40. The molecule has 0 fully saturated rings. The Morgan fingerprint density at radius 3 is 3.00 bits per heavy atom. The Morgan fingerprint density at radius 2 is 2.39 bits per heavy atom. The molecular formula is C10H10ClN5OS. The molecule has 0 aliphatic rings. The smallest absolute Gasteiger partial charge is 0.183 e. The number of hydrogen-bond donors (Lipinski definition) is 3. The fourth-order valence-electron chi connectivity index (χ4n) is 1.29. The third kappa shape index (κ3) is 2.93. The van der Waals surface area contributed by atoms with Crippen molar-refractivity contribution < 1.29 is 5.21 Å². The lowest BCUT2D eigenvalue weighted by atomic mass is 10.1. The van der Waals surface area contributed by atoms with Crippen LogP contribution >= 0.6 is 23.4 Å². The van der Waals surface area contributed by atoms with Gasteiger partial charge in [-0.05, 0) is 11.6 Å². The molecule has 0 amide bonds. The van der Waals surface area contributed by atoms with Crippen molar-refractivity contribution >= 4 is 29.2 Å². The number of nitrogens with zero attached hydrogens (tertiary/aromatic N) is 3. The van der Waals surface area contributed by atoms with E-state index in [0.29, 0.717) is 16.3 Å². The van der Waals surface area contributed by atoms with Crippen molar-refractivity contribution in [2.45, 2.75) is 10.9 Å². The number of amidine groups is 1. The molecule has 1 aromatic carbocycles. The first-order valence-corrected chi connectivity index (χ1v) is 6.31. The van der Waals surface area contributed by atoms with Crippen LogP contribution in [-0.4, -0.2) is 26.2 Å². The van der Waals surface area contributed by atoms with Crippen LogP contribution < -0.4 is 5.73 Å². The average molecular weight is 284 g/mol. The first-order valence-electron chi connectivity index (χ1n) is 4.95. The Hall–Kier alpha value is -1.73. The minimum Gasteiger partial charge on any atom is -0.409 e. The minimum absolute atomic E-state index is 0.0336. The maximum atomic E-state index is 8.57.